The number of allylic oxidation sites excluding steroid dienone is 7. The van der Waals surface area contributed by atoms with Gasteiger partial charge in [-0.2, -0.15) is 0 Å². The van der Waals surface area contributed by atoms with E-state index in [2.05, 4.69) is 43.0 Å². The molecule has 1 aromatic rings. The molecule has 1 aliphatic heterocycles. The second-order valence-corrected chi connectivity index (χ2v) is 5.52. The molecule has 0 spiro atoms. The number of benzene rings is 1. The first-order chi connectivity index (χ1) is 11.1. The Balaban J connectivity index is 2.47. The van der Waals surface area contributed by atoms with Crippen molar-refractivity contribution < 1.29 is 0 Å². The Morgan fingerprint density at radius 2 is 1.87 bits per heavy atom. The lowest BCUT2D eigenvalue weighted by atomic mass is 9.93. The van der Waals surface area contributed by atoms with Crippen molar-refractivity contribution >= 4 is 5.71 Å². The fourth-order valence-electron chi connectivity index (χ4n) is 2.24. The van der Waals surface area contributed by atoms with Crippen LogP contribution in [0.4, 0.5) is 0 Å². The van der Waals surface area contributed by atoms with E-state index in [9.17, 15) is 0 Å². The van der Waals surface area contributed by atoms with Crippen molar-refractivity contribution in [2.45, 2.75) is 13.8 Å². The second-order valence-electron chi connectivity index (χ2n) is 5.52. The molecular formula is C22H21N. The van der Waals surface area contributed by atoms with Crippen LogP contribution in [0.2, 0.25) is 0 Å². The van der Waals surface area contributed by atoms with Gasteiger partial charge in [-0.3, -0.25) is 0 Å². The van der Waals surface area contributed by atoms with Gasteiger partial charge in [0.2, 0.25) is 0 Å². The van der Waals surface area contributed by atoms with E-state index in [0.29, 0.717) is 11.4 Å². The lowest BCUT2D eigenvalue weighted by Gasteiger charge is -2.12. The summed E-state index contributed by atoms with van der Waals surface area (Å²) in [6, 6.07) is 9.89. The largest absolute Gasteiger partial charge is 0.241 e. The molecule has 1 nitrogen and oxygen atoms in total. The highest BCUT2D eigenvalue weighted by Gasteiger charge is 2.08. The molecule has 0 saturated heterocycles. The first-order valence-corrected chi connectivity index (χ1v) is 7.63. The molecule has 0 fully saturated rings. The van der Waals surface area contributed by atoms with Crippen molar-refractivity contribution in [1.82, 2.24) is 0 Å². The van der Waals surface area contributed by atoms with E-state index in [1.807, 2.05) is 61.6 Å². The van der Waals surface area contributed by atoms with Crippen molar-refractivity contribution in [1.29, 1.82) is 0 Å². The van der Waals surface area contributed by atoms with Gasteiger partial charge in [0.05, 0.1) is 5.70 Å². The van der Waals surface area contributed by atoms with Gasteiger partial charge in [-0.25, -0.2) is 4.99 Å². The van der Waals surface area contributed by atoms with Crippen LogP contribution >= 0.6 is 0 Å². The Bertz CT molecular complexity index is 774. The minimum atomic E-state index is 0.257. The zero-order chi connectivity index (χ0) is 16.7. The molecule has 0 radical (unpaired) electrons. The Morgan fingerprint density at radius 3 is 2.57 bits per heavy atom. The zero-order valence-electron chi connectivity index (χ0n) is 13.7. The molecule has 1 unspecified atom stereocenters. The van der Waals surface area contributed by atoms with E-state index in [1.54, 1.807) is 0 Å². The van der Waals surface area contributed by atoms with E-state index in [0.717, 1.165) is 16.7 Å². The van der Waals surface area contributed by atoms with Gasteiger partial charge in [-0.1, -0.05) is 68.0 Å². The van der Waals surface area contributed by atoms with Crippen molar-refractivity contribution in [2.24, 2.45) is 10.9 Å². The number of rotatable bonds is 1. The first-order valence-electron chi connectivity index (χ1n) is 7.63. The van der Waals surface area contributed by atoms with Gasteiger partial charge in [0.15, 0.2) is 0 Å². The van der Waals surface area contributed by atoms with Crippen LogP contribution in [-0.4, -0.2) is 5.71 Å². The summed E-state index contributed by atoms with van der Waals surface area (Å²) in [6.45, 7) is 12.2. The van der Waals surface area contributed by atoms with Crippen LogP contribution in [0.3, 0.4) is 0 Å². The summed E-state index contributed by atoms with van der Waals surface area (Å²) in [5.41, 5.74) is 4.49. The maximum atomic E-state index is 4.53. The molecule has 1 heterocycles. The van der Waals surface area contributed by atoms with Gasteiger partial charge in [0, 0.05) is 5.56 Å². The number of nitrogens with zero attached hydrogens (tertiary/aromatic N) is 1. The SMILES string of the molecule is C=C1/C=C\C=C/C(C)/C(C(=C)C)=C\C(C#Cc2ccccc2)=N1. The molecule has 1 aromatic carbocycles. The molecule has 1 aliphatic rings. The van der Waals surface area contributed by atoms with Crippen molar-refractivity contribution in [3.8, 4) is 11.8 Å². The molecule has 1 heteroatoms. The third-order valence-electron chi connectivity index (χ3n) is 3.45. The Kier molecular flexibility index (Phi) is 5.72. The van der Waals surface area contributed by atoms with Crippen LogP contribution in [0.25, 0.3) is 0 Å². The normalized spacial score (nSPS) is 22.7. The van der Waals surface area contributed by atoms with Gasteiger partial charge in [0.1, 0.15) is 5.71 Å². The van der Waals surface area contributed by atoms with Crippen molar-refractivity contribution in [3.05, 3.63) is 96.3 Å². The minimum Gasteiger partial charge on any atom is -0.241 e. The summed E-state index contributed by atoms with van der Waals surface area (Å²) < 4.78 is 0. The smallest absolute Gasteiger partial charge is 0.114 e. The molecule has 23 heavy (non-hydrogen) atoms. The molecule has 114 valence electrons. The summed E-state index contributed by atoms with van der Waals surface area (Å²) >= 11 is 0. The summed E-state index contributed by atoms with van der Waals surface area (Å²) in [6.07, 6.45) is 10.00. The number of hydrogen-bond acceptors (Lipinski definition) is 1. The summed E-state index contributed by atoms with van der Waals surface area (Å²) in [4.78, 5) is 4.53. The fourth-order valence-corrected chi connectivity index (χ4v) is 2.24. The first kappa shape index (κ1) is 16.5. The lowest BCUT2D eigenvalue weighted by Crippen LogP contribution is -2.02. The number of aliphatic imine (C=N–C) groups is 1. The van der Waals surface area contributed by atoms with Gasteiger partial charge in [-0.05, 0) is 48.6 Å². The predicted molar refractivity (Wildman–Crippen MR) is 100 cm³/mol. The highest BCUT2D eigenvalue weighted by molar-refractivity contribution is 6.10. The highest BCUT2D eigenvalue weighted by atomic mass is 14.7. The highest BCUT2D eigenvalue weighted by Crippen LogP contribution is 2.20. The monoisotopic (exact) mass is 299 g/mol. The van der Waals surface area contributed by atoms with Gasteiger partial charge in [0.25, 0.3) is 0 Å². The van der Waals surface area contributed by atoms with E-state index in [-0.39, 0.29) is 5.92 Å². The Labute approximate surface area is 139 Å². The summed E-state index contributed by atoms with van der Waals surface area (Å²) in [5.74, 6) is 6.57. The third-order valence-corrected chi connectivity index (χ3v) is 3.45. The van der Waals surface area contributed by atoms with Crippen LogP contribution in [0, 0.1) is 17.8 Å². The average Bonchev–Trinajstić information content (AvgIpc) is 2.54. The van der Waals surface area contributed by atoms with Crippen molar-refractivity contribution in [3.63, 3.8) is 0 Å². The van der Waals surface area contributed by atoms with E-state index < -0.39 is 0 Å². The van der Waals surface area contributed by atoms with E-state index in [4.69, 9.17) is 0 Å². The molecule has 1 atom stereocenters. The van der Waals surface area contributed by atoms with Crippen LogP contribution in [0.15, 0.2) is 95.7 Å². The maximum absolute atomic E-state index is 4.53. The molecule has 0 bridgehead atoms. The molecule has 2 rings (SSSR count). The van der Waals surface area contributed by atoms with Crippen molar-refractivity contribution in [2.75, 3.05) is 0 Å². The van der Waals surface area contributed by atoms with Gasteiger partial charge < -0.3 is 0 Å². The molecule has 0 N–H and O–H groups in total. The minimum absolute atomic E-state index is 0.257. The predicted octanol–water partition coefficient (Wildman–Crippen LogP) is 5.26. The van der Waals surface area contributed by atoms with Crippen LogP contribution < -0.4 is 0 Å². The van der Waals surface area contributed by atoms with Gasteiger partial charge >= 0.3 is 0 Å². The van der Waals surface area contributed by atoms with Crippen LogP contribution in [-0.2, 0) is 0 Å². The van der Waals surface area contributed by atoms with Crippen LogP contribution in [0.5, 0.6) is 0 Å². The molecule has 0 saturated carbocycles. The second kappa shape index (κ2) is 7.96. The Hall–Kier alpha value is -2.85. The van der Waals surface area contributed by atoms with Crippen LogP contribution in [0.1, 0.15) is 19.4 Å². The number of hydrogen-bond donors (Lipinski definition) is 0. The summed E-state index contributed by atoms with van der Waals surface area (Å²) in [5, 5.41) is 0. The third kappa shape index (κ3) is 5.13. The topological polar surface area (TPSA) is 12.4 Å². The van der Waals surface area contributed by atoms with Gasteiger partial charge in [-0.15, -0.1) is 0 Å². The van der Waals surface area contributed by atoms with E-state index in [1.165, 1.54) is 0 Å². The standard InChI is InChI=1S/C22H21N/c1-17(2)22-16-21(15-14-20-12-6-5-7-13-20)23-19(4)11-9-8-10-18(22)3/h5-13,16,18H,1,4H2,2-3H3/b10-8-,11-9-,22-16-,23-21?. The Morgan fingerprint density at radius 1 is 1.13 bits per heavy atom. The fraction of sp³-hybridized carbons (Fsp3) is 0.136. The molecule has 0 aliphatic carbocycles. The molecule has 0 aromatic heterocycles. The summed E-state index contributed by atoms with van der Waals surface area (Å²) in [7, 11) is 0. The molecule has 0 amide bonds. The molecular weight excluding hydrogens is 278 g/mol. The lowest BCUT2D eigenvalue weighted by molar-refractivity contribution is 0.874. The quantitative estimate of drug-likeness (QED) is 0.627. The maximum Gasteiger partial charge on any atom is 0.114 e. The average molecular weight is 299 g/mol. The van der Waals surface area contributed by atoms with E-state index >= 15 is 0 Å². The zero-order valence-corrected chi connectivity index (χ0v) is 13.7.